The van der Waals surface area contributed by atoms with E-state index in [1.54, 1.807) is 18.2 Å². The molecule has 3 N–H and O–H groups in total. The van der Waals surface area contributed by atoms with Crippen molar-refractivity contribution in [2.24, 2.45) is 0 Å². The number of hydrogen-bond donors (Lipinski definition) is 3. The molecule has 170 valence electrons. The van der Waals surface area contributed by atoms with Crippen LogP contribution in [0.1, 0.15) is 6.04 Å². The third kappa shape index (κ3) is 4.62. The molecule has 0 amide bonds. The molecule has 1 aromatic heterocycles. The van der Waals surface area contributed by atoms with E-state index in [0.717, 1.165) is 23.9 Å². The normalized spacial score (nSPS) is 25.8. The molecular formula is C20H17Cl2F2N3O4S. The first kappa shape index (κ1) is 23.4. The molecule has 32 heavy (non-hydrogen) atoms. The molecule has 12 heteroatoms. The van der Waals surface area contributed by atoms with Gasteiger partial charge in [-0.1, -0.05) is 40.2 Å². The highest BCUT2D eigenvalue weighted by Gasteiger charge is 2.46. The molecule has 5 atom stereocenters. The molecule has 1 aliphatic heterocycles. The lowest BCUT2D eigenvalue weighted by atomic mass is 9.97. The summed E-state index contributed by atoms with van der Waals surface area (Å²) < 4.78 is 33.7. The van der Waals surface area contributed by atoms with Gasteiger partial charge in [-0.3, -0.25) is 0 Å². The molecule has 2 aromatic carbocycles. The van der Waals surface area contributed by atoms with E-state index in [0.29, 0.717) is 14.9 Å². The van der Waals surface area contributed by atoms with Crippen LogP contribution in [0, 0.1) is 11.6 Å². The van der Waals surface area contributed by atoms with Crippen LogP contribution in [0.2, 0.25) is 10.0 Å². The molecule has 3 aromatic rings. The fourth-order valence-corrected chi connectivity index (χ4v) is 4.83. The van der Waals surface area contributed by atoms with Gasteiger partial charge in [0.1, 0.15) is 35.5 Å². The topological polar surface area (TPSA) is 101 Å². The van der Waals surface area contributed by atoms with Gasteiger partial charge in [0.2, 0.25) is 0 Å². The molecule has 0 bridgehead atoms. The molecule has 2 heterocycles. The maximum atomic E-state index is 13.6. The van der Waals surface area contributed by atoms with E-state index in [1.807, 2.05) is 0 Å². The zero-order valence-corrected chi connectivity index (χ0v) is 18.5. The molecule has 0 spiro atoms. The van der Waals surface area contributed by atoms with Crippen molar-refractivity contribution in [2.45, 2.75) is 34.7 Å². The summed E-state index contributed by atoms with van der Waals surface area (Å²) in [7, 11) is 0. The second kappa shape index (κ2) is 9.60. The second-order valence-corrected chi connectivity index (χ2v) is 9.09. The number of aromatic nitrogens is 3. The fourth-order valence-electron chi connectivity index (χ4n) is 3.37. The summed E-state index contributed by atoms with van der Waals surface area (Å²) in [5.41, 5.74) is -0.413. The molecule has 1 aliphatic rings. The Bertz CT molecular complexity index is 1120. The third-order valence-electron chi connectivity index (χ3n) is 5.02. The SMILES string of the molecule is OCC1OC(Sc2ccc(Cl)c(Cl)c2)C(O)C(n2cc(-c3ccc(F)c(F)c3)nn2)[C@H]1O. The van der Waals surface area contributed by atoms with Crippen LogP contribution in [-0.2, 0) is 4.74 Å². The van der Waals surface area contributed by atoms with Crippen LogP contribution in [0.5, 0.6) is 0 Å². The van der Waals surface area contributed by atoms with Crippen LogP contribution in [-0.4, -0.2) is 60.7 Å². The fraction of sp³-hybridized carbons (Fsp3) is 0.300. The van der Waals surface area contributed by atoms with Crippen molar-refractivity contribution in [3.05, 3.63) is 64.3 Å². The van der Waals surface area contributed by atoms with Crippen molar-refractivity contribution in [2.75, 3.05) is 6.61 Å². The minimum atomic E-state index is -1.32. The van der Waals surface area contributed by atoms with Crippen molar-refractivity contribution in [3.8, 4) is 11.3 Å². The first-order chi connectivity index (χ1) is 15.3. The highest BCUT2D eigenvalue weighted by Crippen LogP contribution is 2.39. The van der Waals surface area contributed by atoms with Crippen LogP contribution in [0.4, 0.5) is 8.78 Å². The Hall–Kier alpha value is -1.79. The minimum Gasteiger partial charge on any atom is -0.394 e. The van der Waals surface area contributed by atoms with Crippen LogP contribution >= 0.6 is 35.0 Å². The van der Waals surface area contributed by atoms with Gasteiger partial charge in [0.25, 0.3) is 0 Å². The summed E-state index contributed by atoms with van der Waals surface area (Å²) in [6.07, 6.45) is -2.21. The Morgan fingerprint density at radius 2 is 1.81 bits per heavy atom. The van der Waals surface area contributed by atoms with Gasteiger partial charge < -0.3 is 20.1 Å². The molecule has 0 saturated carbocycles. The highest BCUT2D eigenvalue weighted by molar-refractivity contribution is 7.99. The number of rotatable bonds is 5. The summed E-state index contributed by atoms with van der Waals surface area (Å²) >= 11 is 13.1. The summed E-state index contributed by atoms with van der Waals surface area (Å²) in [6, 6.07) is 7.14. The van der Waals surface area contributed by atoms with Gasteiger partial charge in [0.05, 0.1) is 22.8 Å². The van der Waals surface area contributed by atoms with E-state index in [1.165, 1.54) is 16.9 Å². The molecule has 7 nitrogen and oxygen atoms in total. The maximum Gasteiger partial charge on any atom is 0.159 e. The number of hydrogen-bond acceptors (Lipinski definition) is 7. The number of aliphatic hydroxyl groups excluding tert-OH is 3. The lowest BCUT2D eigenvalue weighted by Crippen LogP contribution is -2.55. The number of thioether (sulfide) groups is 1. The quantitative estimate of drug-likeness (QED) is 0.490. The molecule has 4 rings (SSSR count). The van der Waals surface area contributed by atoms with E-state index < -0.39 is 48.0 Å². The molecular weight excluding hydrogens is 487 g/mol. The first-order valence-corrected chi connectivity index (χ1v) is 11.0. The molecule has 0 radical (unpaired) electrons. The third-order valence-corrected chi connectivity index (χ3v) is 6.91. The average molecular weight is 504 g/mol. The van der Waals surface area contributed by atoms with Crippen molar-refractivity contribution < 1.29 is 28.8 Å². The van der Waals surface area contributed by atoms with Gasteiger partial charge in [0, 0.05) is 10.5 Å². The summed E-state index contributed by atoms with van der Waals surface area (Å²) in [5, 5.41) is 39.9. The van der Waals surface area contributed by atoms with Gasteiger partial charge in [0.15, 0.2) is 11.6 Å². The molecule has 1 fully saturated rings. The van der Waals surface area contributed by atoms with Crippen LogP contribution in [0.15, 0.2) is 47.5 Å². The highest BCUT2D eigenvalue weighted by atomic mass is 35.5. The second-order valence-electron chi connectivity index (χ2n) is 7.10. The van der Waals surface area contributed by atoms with Gasteiger partial charge in [-0.15, -0.1) is 5.10 Å². The Balaban J connectivity index is 1.62. The largest absolute Gasteiger partial charge is 0.394 e. The number of benzene rings is 2. The van der Waals surface area contributed by atoms with Crippen molar-refractivity contribution in [3.63, 3.8) is 0 Å². The van der Waals surface area contributed by atoms with Crippen LogP contribution < -0.4 is 0 Å². The summed E-state index contributed by atoms with van der Waals surface area (Å²) in [5.74, 6) is -2.04. The maximum absolute atomic E-state index is 13.6. The van der Waals surface area contributed by atoms with Crippen LogP contribution in [0.3, 0.4) is 0 Å². The van der Waals surface area contributed by atoms with Gasteiger partial charge in [-0.25, -0.2) is 13.5 Å². The standard InChI is InChI=1S/C20H17Cl2F2N3O4S/c21-11-3-2-10(6-12(11)22)32-20-19(30)17(18(29)16(8-28)31-20)27-7-15(25-26-27)9-1-4-13(23)14(24)5-9/h1-7,16-20,28-30H,8H2/t16?,17?,18-,19?,20?/m0/s1. The van der Waals surface area contributed by atoms with Gasteiger partial charge >= 0.3 is 0 Å². The molecule has 0 aliphatic carbocycles. The number of halogens is 4. The zero-order valence-electron chi connectivity index (χ0n) is 16.1. The van der Waals surface area contributed by atoms with Crippen molar-refractivity contribution in [1.82, 2.24) is 15.0 Å². The predicted octanol–water partition coefficient (Wildman–Crippen LogP) is 3.30. The van der Waals surface area contributed by atoms with Crippen LogP contribution in [0.25, 0.3) is 11.3 Å². The predicted molar refractivity (Wildman–Crippen MR) is 114 cm³/mol. The monoisotopic (exact) mass is 503 g/mol. The molecule has 1 saturated heterocycles. The van der Waals surface area contributed by atoms with E-state index in [-0.39, 0.29) is 11.3 Å². The summed E-state index contributed by atoms with van der Waals surface area (Å²) in [4.78, 5) is 0.649. The van der Waals surface area contributed by atoms with E-state index in [2.05, 4.69) is 10.3 Å². The Morgan fingerprint density at radius 3 is 2.50 bits per heavy atom. The van der Waals surface area contributed by atoms with Gasteiger partial charge in [-0.05, 0) is 36.4 Å². The Morgan fingerprint density at radius 1 is 1.03 bits per heavy atom. The van der Waals surface area contributed by atoms with E-state index in [4.69, 9.17) is 27.9 Å². The average Bonchev–Trinajstić information content (AvgIpc) is 3.24. The van der Waals surface area contributed by atoms with Crippen molar-refractivity contribution in [1.29, 1.82) is 0 Å². The lowest BCUT2D eigenvalue weighted by molar-refractivity contribution is -0.178. The lowest BCUT2D eigenvalue weighted by Gasteiger charge is -2.41. The number of ether oxygens (including phenoxy) is 1. The van der Waals surface area contributed by atoms with E-state index in [9.17, 15) is 24.1 Å². The van der Waals surface area contributed by atoms with Crippen molar-refractivity contribution >= 4 is 35.0 Å². The number of nitrogens with zero attached hydrogens (tertiary/aromatic N) is 3. The smallest absolute Gasteiger partial charge is 0.159 e. The summed E-state index contributed by atoms with van der Waals surface area (Å²) in [6.45, 7) is -0.506. The molecule has 4 unspecified atom stereocenters. The van der Waals surface area contributed by atoms with E-state index >= 15 is 0 Å². The first-order valence-electron chi connectivity index (χ1n) is 9.40. The minimum absolute atomic E-state index is 0.212. The Kier molecular flexibility index (Phi) is 7.01. The number of aliphatic hydroxyl groups is 3. The Labute approximate surface area is 195 Å². The zero-order chi connectivity index (χ0) is 23.0. The van der Waals surface area contributed by atoms with Gasteiger partial charge in [-0.2, -0.15) is 0 Å².